The molecular formula is C24H24N2O6S2. The van der Waals surface area contributed by atoms with Crippen LogP contribution in [0.1, 0.15) is 22.0 Å². The molecular weight excluding hydrogens is 476 g/mol. The summed E-state index contributed by atoms with van der Waals surface area (Å²) in [5, 5.41) is 11.7. The molecule has 0 radical (unpaired) electrons. The predicted octanol–water partition coefficient (Wildman–Crippen LogP) is 4.21. The van der Waals surface area contributed by atoms with Gasteiger partial charge in [-0.05, 0) is 54.1 Å². The maximum atomic E-state index is 13.5. The minimum atomic E-state index is -3.82. The van der Waals surface area contributed by atoms with Gasteiger partial charge in [0, 0.05) is 11.9 Å². The number of ether oxygens (including phenoxy) is 2. The Morgan fingerprint density at radius 2 is 1.88 bits per heavy atom. The van der Waals surface area contributed by atoms with E-state index in [9.17, 15) is 8.42 Å². The number of rotatable bonds is 11. The van der Waals surface area contributed by atoms with E-state index in [1.165, 1.54) is 41.1 Å². The lowest BCUT2D eigenvalue weighted by Gasteiger charge is -2.22. The van der Waals surface area contributed by atoms with Gasteiger partial charge in [-0.1, -0.05) is 12.1 Å². The van der Waals surface area contributed by atoms with Crippen LogP contribution in [0, 0.1) is 0 Å². The van der Waals surface area contributed by atoms with Gasteiger partial charge in [0.2, 0.25) is 10.0 Å². The summed E-state index contributed by atoms with van der Waals surface area (Å²) in [7, 11) is -2.29. The summed E-state index contributed by atoms with van der Waals surface area (Å²) < 4.78 is 44.7. The minimum Gasteiger partial charge on any atom is -0.497 e. The van der Waals surface area contributed by atoms with Gasteiger partial charge >= 0.3 is 0 Å². The first kappa shape index (κ1) is 24.0. The van der Waals surface area contributed by atoms with E-state index in [1.807, 2.05) is 12.1 Å². The average Bonchev–Trinajstić information content (AvgIpc) is 3.55. The van der Waals surface area contributed by atoms with E-state index in [2.05, 4.69) is 4.98 Å². The van der Waals surface area contributed by atoms with E-state index in [0.29, 0.717) is 23.0 Å². The molecule has 0 atom stereocenters. The monoisotopic (exact) mass is 500 g/mol. The molecule has 0 unspecified atom stereocenters. The number of furan rings is 1. The van der Waals surface area contributed by atoms with Crippen molar-refractivity contribution in [2.24, 2.45) is 0 Å². The van der Waals surface area contributed by atoms with Crippen molar-refractivity contribution in [3.8, 4) is 11.5 Å². The topological polar surface area (TPSA) is 102 Å². The van der Waals surface area contributed by atoms with Gasteiger partial charge in [-0.25, -0.2) is 13.4 Å². The molecule has 4 rings (SSSR count). The van der Waals surface area contributed by atoms with E-state index in [4.69, 9.17) is 19.0 Å². The highest BCUT2D eigenvalue weighted by molar-refractivity contribution is 7.89. The third kappa shape index (κ3) is 5.84. The Morgan fingerprint density at radius 1 is 1.06 bits per heavy atom. The molecule has 0 amide bonds. The van der Waals surface area contributed by atoms with Crippen molar-refractivity contribution in [3.05, 3.63) is 94.3 Å². The number of aromatic nitrogens is 1. The van der Waals surface area contributed by atoms with E-state index in [-0.39, 0.29) is 31.2 Å². The summed E-state index contributed by atoms with van der Waals surface area (Å²) in [6.45, 7) is 0.349. The summed E-state index contributed by atoms with van der Waals surface area (Å²) in [5.41, 5.74) is 1.37. The van der Waals surface area contributed by atoms with Crippen molar-refractivity contribution in [1.82, 2.24) is 9.29 Å². The lowest BCUT2D eigenvalue weighted by molar-refractivity contribution is 0.275. The van der Waals surface area contributed by atoms with Gasteiger partial charge in [0.25, 0.3) is 0 Å². The first-order valence-electron chi connectivity index (χ1n) is 10.4. The first-order chi connectivity index (χ1) is 16.5. The van der Waals surface area contributed by atoms with Gasteiger partial charge in [0.15, 0.2) is 0 Å². The van der Waals surface area contributed by atoms with Crippen molar-refractivity contribution in [1.29, 1.82) is 0 Å². The standard InChI is InChI=1S/C24H24N2O6S2/c1-30-20-7-9-23(10-8-20)34(28,29)26(14-22-6-3-11-31-22)13-18-4-2-5-21(12-18)32-16-24-25-19(15-27)17-33-24/h2-12,17,27H,13-16H2,1H3. The van der Waals surface area contributed by atoms with Crippen LogP contribution >= 0.6 is 11.3 Å². The molecule has 178 valence electrons. The molecule has 0 fully saturated rings. The molecule has 0 spiro atoms. The van der Waals surface area contributed by atoms with Gasteiger partial charge in [-0.15, -0.1) is 11.3 Å². The minimum absolute atomic E-state index is 0.0789. The van der Waals surface area contributed by atoms with Gasteiger partial charge < -0.3 is 19.0 Å². The second kappa shape index (κ2) is 10.8. The number of benzene rings is 2. The van der Waals surface area contributed by atoms with E-state index < -0.39 is 10.0 Å². The van der Waals surface area contributed by atoms with Crippen LogP contribution in [0.5, 0.6) is 11.5 Å². The number of thiazole rings is 1. The Bertz CT molecular complexity index is 1300. The lowest BCUT2D eigenvalue weighted by atomic mass is 10.2. The normalized spacial score (nSPS) is 11.6. The van der Waals surface area contributed by atoms with Crippen LogP contribution < -0.4 is 9.47 Å². The van der Waals surface area contributed by atoms with Gasteiger partial charge in [0.05, 0.1) is 37.1 Å². The quantitative estimate of drug-likeness (QED) is 0.329. The Kier molecular flexibility index (Phi) is 7.63. The zero-order valence-corrected chi connectivity index (χ0v) is 20.1. The smallest absolute Gasteiger partial charge is 0.243 e. The fourth-order valence-electron chi connectivity index (χ4n) is 3.27. The highest BCUT2D eigenvalue weighted by atomic mass is 32.2. The Hall–Kier alpha value is -3.18. The molecule has 0 aliphatic carbocycles. The number of aliphatic hydroxyl groups is 1. The summed E-state index contributed by atoms with van der Waals surface area (Å²) in [4.78, 5) is 4.43. The van der Waals surface area contributed by atoms with Gasteiger partial charge in [-0.2, -0.15) is 4.31 Å². The summed E-state index contributed by atoms with van der Waals surface area (Å²) in [6, 6.07) is 17.0. The highest BCUT2D eigenvalue weighted by Crippen LogP contribution is 2.25. The van der Waals surface area contributed by atoms with Crippen molar-refractivity contribution >= 4 is 21.4 Å². The van der Waals surface area contributed by atoms with Crippen LogP contribution in [0.4, 0.5) is 0 Å². The van der Waals surface area contributed by atoms with Crippen LogP contribution in [0.3, 0.4) is 0 Å². The van der Waals surface area contributed by atoms with Crippen LogP contribution in [-0.2, 0) is 36.3 Å². The van der Waals surface area contributed by atoms with Crippen molar-refractivity contribution < 1.29 is 27.4 Å². The lowest BCUT2D eigenvalue weighted by Crippen LogP contribution is -2.30. The summed E-state index contributed by atoms with van der Waals surface area (Å²) in [6.07, 6.45) is 1.52. The predicted molar refractivity (Wildman–Crippen MR) is 127 cm³/mol. The first-order valence-corrected chi connectivity index (χ1v) is 12.7. The number of aliphatic hydroxyl groups excluding tert-OH is 1. The van der Waals surface area contributed by atoms with Crippen LogP contribution in [0.2, 0.25) is 0 Å². The Balaban J connectivity index is 1.54. The number of nitrogens with zero attached hydrogens (tertiary/aromatic N) is 2. The van der Waals surface area contributed by atoms with Crippen molar-refractivity contribution in [2.75, 3.05) is 7.11 Å². The van der Waals surface area contributed by atoms with Crippen LogP contribution in [0.25, 0.3) is 0 Å². The van der Waals surface area contributed by atoms with Gasteiger partial charge in [0.1, 0.15) is 28.9 Å². The zero-order chi connectivity index (χ0) is 24.0. The van der Waals surface area contributed by atoms with Crippen LogP contribution in [0.15, 0.2) is 81.6 Å². The molecule has 34 heavy (non-hydrogen) atoms. The van der Waals surface area contributed by atoms with E-state index in [0.717, 1.165) is 10.6 Å². The van der Waals surface area contributed by atoms with Crippen molar-refractivity contribution in [3.63, 3.8) is 0 Å². The number of methoxy groups -OCH3 is 1. The Labute approximate surface area is 202 Å². The number of hydrogen-bond donors (Lipinski definition) is 1. The molecule has 2 aromatic heterocycles. The summed E-state index contributed by atoms with van der Waals surface area (Å²) in [5.74, 6) is 1.71. The zero-order valence-electron chi connectivity index (χ0n) is 18.5. The van der Waals surface area contributed by atoms with Crippen LogP contribution in [-0.4, -0.2) is 29.9 Å². The second-order valence-electron chi connectivity index (χ2n) is 7.35. The van der Waals surface area contributed by atoms with Crippen molar-refractivity contribution in [2.45, 2.75) is 31.2 Å². The summed E-state index contributed by atoms with van der Waals surface area (Å²) >= 11 is 1.41. The second-order valence-corrected chi connectivity index (χ2v) is 10.2. The Morgan fingerprint density at radius 3 is 2.56 bits per heavy atom. The average molecular weight is 501 g/mol. The maximum absolute atomic E-state index is 13.5. The molecule has 0 saturated heterocycles. The maximum Gasteiger partial charge on any atom is 0.243 e. The fraction of sp³-hybridized carbons (Fsp3) is 0.208. The molecule has 0 aliphatic rings. The highest BCUT2D eigenvalue weighted by Gasteiger charge is 2.26. The number of hydrogen-bond acceptors (Lipinski definition) is 8. The third-order valence-corrected chi connectivity index (χ3v) is 7.67. The molecule has 0 aliphatic heterocycles. The molecule has 2 aromatic carbocycles. The SMILES string of the molecule is COc1ccc(S(=O)(=O)N(Cc2cccc(OCc3nc(CO)cs3)c2)Cc2ccco2)cc1. The fourth-order valence-corrected chi connectivity index (χ4v) is 5.36. The molecule has 4 aromatic rings. The molecule has 1 N–H and O–H groups in total. The van der Waals surface area contributed by atoms with Gasteiger partial charge in [-0.3, -0.25) is 0 Å². The largest absolute Gasteiger partial charge is 0.497 e. The molecule has 2 heterocycles. The van der Waals surface area contributed by atoms with E-state index >= 15 is 0 Å². The third-order valence-electron chi connectivity index (χ3n) is 4.99. The molecule has 10 heteroatoms. The molecule has 0 saturated carbocycles. The molecule has 0 bridgehead atoms. The molecule has 8 nitrogen and oxygen atoms in total. The number of sulfonamides is 1. The van der Waals surface area contributed by atoms with E-state index in [1.54, 1.807) is 41.8 Å².